The summed E-state index contributed by atoms with van der Waals surface area (Å²) in [7, 11) is -3.90. The molecule has 1 aliphatic heterocycles. The van der Waals surface area contributed by atoms with E-state index in [2.05, 4.69) is 20.5 Å². The fourth-order valence-electron chi connectivity index (χ4n) is 2.95. The van der Waals surface area contributed by atoms with E-state index >= 15 is 0 Å². The number of sulfonamides is 1. The normalized spacial score (nSPS) is 23.6. The maximum atomic E-state index is 12.6. The molecule has 0 aromatic carbocycles. The van der Waals surface area contributed by atoms with Gasteiger partial charge in [0.25, 0.3) is 15.2 Å². The Hall–Kier alpha value is -1.56. The van der Waals surface area contributed by atoms with Gasteiger partial charge < -0.3 is 16.2 Å². The van der Waals surface area contributed by atoms with Crippen molar-refractivity contribution in [2.45, 2.75) is 63.4 Å². The lowest BCUT2D eigenvalue weighted by Crippen LogP contribution is -2.51. The van der Waals surface area contributed by atoms with Crippen LogP contribution in [0.15, 0.2) is 5.16 Å². The maximum absolute atomic E-state index is 12.6. The van der Waals surface area contributed by atoms with Crippen molar-refractivity contribution in [2.75, 3.05) is 13.1 Å². The zero-order valence-electron chi connectivity index (χ0n) is 15.3. The number of carbonyl (C=O) groups excluding carboxylic acids is 1. The highest BCUT2D eigenvalue weighted by Crippen LogP contribution is 2.19. The highest BCUT2D eigenvalue weighted by molar-refractivity contribution is 7.88. The molecule has 0 radical (unpaired) electrons. The number of hydrogen-bond donors (Lipinski definition) is 4. The van der Waals surface area contributed by atoms with Crippen LogP contribution in [0, 0.1) is 12.8 Å². The van der Waals surface area contributed by atoms with E-state index in [4.69, 9.17) is 5.73 Å². The molecular formula is C15H28N6O4S. The number of aryl methyl sites for hydroxylation is 1. The molecule has 3 atom stereocenters. The third-order valence-electron chi connectivity index (χ3n) is 4.31. The predicted octanol–water partition coefficient (Wildman–Crippen LogP) is -0.883. The van der Waals surface area contributed by atoms with Crippen LogP contribution in [-0.4, -0.2) is 70.2 Å². The SMILES string of the molecule is Cc1nc(S(=O)(=O)N2CCCC(NC(=O)[C@@H](N)CC(C)C)C(O)C2)n[nH]1. The summed E-state index contributed by atoms with van der Waals surface area (Å²) in [5.74, 6) is 0.340. The van der Waals surface area contributed by atoms with Gasteiger partial charge in [0.1, 0.15) is 5.82 Å². The van der Waals surface area contributed by atoms with Crippen LogP contribution in [0.1, 0.15) is 38.9 Å². The van der Waals surface area contributed by atoms with Crippen LogP contribution < -0.4 is 11.1 Å². The summed E-state index contributed by atoms with van der Waals surface area (Å²) in [5, 5.41) is 19.1. The van der Waals surface area contributed by atoms with Gasteiger partial charge in [0.05, 0.1) is 18.2 Å². The minimum Gasteiger partial charge on any atom is -0.390 e. The van der Waals surface area contributed by atoms with Gasteiger partial charge in [-0.25, -0.2) is 13.4 Å². The first-order chi connectivity index (χ1) is 12.1. The molecule has 10 nitrogen and oxygen atoms in total. The lowest BCUT2D eigenvalue weighted by molar-refractivity contribution is -0.124. The molecule has 148 valence electrons. The summed E-state index contributed by atoms with van der Waals surface area (Å²) in [6, 6.07) is -1.20. The van der Waals surface area contributed by atoms with E-state index in [1.54, 1.807) is 6.92 Å². The number of amides is 1. The Kier molecular flexibility index (Phi) is 6.72. The highest BCUT2D eigenvalue weighted by atomic mass is 32.2. The molecule has 0 spiro atoms. The topological polar surface area (TPSA) is 154 Å². The van der Waals surface area contributed by atoms with Crippen molar-refractivity contribution < 1.29 is 18.3 Å². The molecule has 1 fully saturated rings. The molecule has 26 heavy (non-hydrogen) atoms. The lowest BCUT2D eigenvalue weighted by Gasteiger charge is -2.25. The standard InChI is InChI=1S/C15H28N6O4S/c1-9(2)7-11(16)14(23)18-12-5-4-6-21(8-13(12)22)26(24,25)15-17-10(3)19-20-15/h9,11-13,22H,4-8,16H2,1-3H3,(H,18,23)(H,17,19,20)/t11-,12?,13?/m0/s1. The number of β-amino-alcohol motifs (C(OH)–C–C–N with tert-alkyl or cyclic N) is 1. The van der Waals surface area contributed by atoms with Gasteiger partial charge in [-0.05, 0) is 32.1 Å². The smallest absolute Gasteiger partial charge is 0.282 e. The number of carbonyl (C=O) groups is 1. The Bertz CT molecular complexity index is 719. The molecule has 11 heteroatoms. The summed E-state index contributed by atoms with van der Waals surface area (Å²) in [4.78, 5) is 16.1. The number of nitrogens with two attached hydrogens (primary N) is 1. The summed E-state index contributed by atoms with van der Waals surface area (Å²) in [6.07, 6.45) is 0.450. The molecule has 5 N–H and O–H groups in total. The number of hydrogen-bond acceptors (Lipinski definition) is 7. The van der Waals surface area contributed by atoms with E-state index in [-0.39, 0.29) is 30.1 Å². The lowest BCUT2D eigenvalue weighted by atomic mass is 10.0. The van der Waals surface area contributed by atoms with E-state index in [0.717, 1.165) is 4.31 Å². The number of H-pyrrole nitrogens is 1. The fourth-order valence-corrected chi connectivity index (χ4v) is 4.31. The average molecular weight is 388 g/mol. The molecule has 1 aromatic heterocycles. The zero-order valence-corrected chi connectivity index (χ0v) is 16.2. The van der Waals surface area contributed by atoms with Crippen molar-refractivity contribution in [1.82, 2.24) is 24.8 Å². The van der Waals surface area contributed by atoms with E-state index in [1.165, 1.54) is 0 Å². The van der Waals surface area contributed by atoms with Crippen LogP contribution in [0.4, 0.5) is 0 Å². The van der Waals surface area contributed by atoms with Crippen LogP contribution in [-0.2, 0) is 14.8 Å². The van der Waals surface area contributed by atoms with Gasteiger partial charge in [-0.15, -0.1) is 5.10 Å². The molecule has 1 aliphatic rings. The van der Waals surface area contributed by atoms with Crippen molar-refractivity contribution in [3.63, 3.8) is 0 Å². The molecule has 0 aliphatic carbocycles. The first-order valence-electron chi connectivity index (χ1n) is 8.74. The first kappa shape index (κ1) is 20.7. The molecule has 0 saturated carbocycles. The molecule has 1 aromatic rings. The van der Waals surface area contributed by atoms with E-state index in [1.807, 2.05) is 13.8 Å². The van der Waals surface area contributed by atoms with Crippen molar-refractivity contribution >= 4 is 15.9 Å². The maximum Gasteiger partial charge on any atom is 0.282 e. The number of aliphatic hydroxyl groups excluding tert-OH is 1. The molecule has 2 unspecified atom stereocenters. The predicted molar refractivity (Wildman–Crippen MR) is 94.5 cm³/mol. The monoisotopic (exact) mass is 388 g/mol. The van der Waals surface area contributed by atoms with Crippen LogP contribution >= 0.6 is 0 Å². The molecule has 2 rings (SSSR count). The van der Waals surface area contributed by atoms with Gasteiger partial charge in [-0.2, -0.15) is 4.31 Å². The van der Waals surface area contributed by atoms with E-state index in [0.29, 0.717) is 25.1 Å². The third-order valence-corrected chi connectivity index (χ3v) is 5.97. The summed E-state index contributed by atoms with van der Waals surface area (Å²) in [6.45, 7) is 5.63. The Morgan fingerprint density at radius 2 is 2.19 bits per heavy atom. The molecule has 0 bridgehead atoms. The van der Waals surface area contributed by atoms with E-state index < -0.39 is 28.2 Å². The molecule has 1 saturated heterocycles. The quantitative estimate of drug-likeness (QED) is 0.493. The van der Waals surface area contributed by atoms with Gasteiger partial charge >= 0.3 is 0 Å². The minimum atomic E-state index is -3.90. The number of nitrogens with zero attached hydrogens (tertiary/aromatic N) is 3. The third kappa shape index (κ3) is 5.00. The van der Waals surface area contributed by atoms with Crippen LogP contribution in [0.3, 0.4) is 0 Å². The van der Waals surface area contributed by atoms with Gasteiger partial charge in [-0.1, -0.05) is 13.8 Å². The fraction of sp³-hybridized carbons (Fsp3) is 0.800. The Labute approximate surface area is 153 Å². The second-order valence-corrected chi connectivity index (χ2v) is 8.96. The van der Waals surface area contributed by atoms with Crippen molar-refractivity contribution in [3.05, 3.63) is 5.82 Å². The zero-order chi connectivity index (χ0) is 19.5. The molecule has 1 amide bonds. The highest BCUT2D eigenvalue weighted by Gasteiger charge is 2.35. The van der Waals surface area contributed by atoms with Crippen molar-refractivity contribution in [2.24, 2.45) is 11.7 Å². The number of aromatic nitrogens is 3. The number of rotatable bonds is 6. The minimum absolute atomic E-state index is 0.139. The largest absolute Gasteiger partial charge is 0.390 e. The number of aliphatic hydroxyl groups is 1. The van der Waals surface area contributed by atoms with Crippen LogP contribution in [0.5, 0.6) is 0 Å². The van der Waals surface area contributed by atoms with Crippen molar-refractivity contribution in [3.8, 4) is 0 Å². The Morgan fingerprint density at radius 1 is 1.50 bits per heavy atom. The Morgan fingerprint density at radius 3 is 2.77 bits per heavy atom. The first-order valence-corrected chi connectivity index (χ1v) is 10.2. The summed E-state index contributed by atoms with van der Waals surface area (Å²) >= 11 is 0. The Balaban J connectivity index is 2.04. The van der Waals surface area contributed by atoms with Crippen molar-refractivity contribution in [1.29, 1.82) is 0 Å². The molecular weight excluding hydrogens is 360 g/mol. The van der Waals surface area contributed by atoms with Crippen LogP contribution in [0.2, 0.25) is 0 Å². The average Bonchev–Trinajstić information content (AvgIpc) is 2.90. The summed E-state index contributed by atoms with van der Waals surface area (Å²) < 4.78 is 26.4. The number of nitrogens with one attached hydrogen (secondary N) is 2. The van der Waals surface area contributed by atoms with Crippen LogP contribution in [0.25, 0.3) is 0 Å². The van der Waals surface area contributed by atoms with Gasteiger partial charge in [0, 0.05) is 13.1 Å². The van der Waals surface area contributed by atoms with Gasteiger partial charge in [0.2, 0.25) is 5.91 Å². The summed E-state index contributed by atoms with van der Waals surface area (Å²) in [5.41, 5.74) is 5.87. The number of aromatic amines is 1. The van der Waals surface area contributed by atoms with E-state index in [9.17, 15) is 18.3 Å². The second kappa shape index (κ2) is 8.42. The van der Waals surface area contributed by atoms with Gasteiger partial charge in [0.15, 0.2) is 0 Å². The molecule has 2 heterocycles. The van der Waals surface area contributed by atoms with Gasteiger partial charge in [-0.3, -0.25) is 9.89 Å². The second-order valence-electron chi connectivity index (χ2n) is 7.13.